The Balaban J connectivity index is 1.48. The highest BCUT2D eigenvalue weighted by Gasteiger charge is 2.36. The van der Waals surface area contributed by atoms with Crippen LogP contribution in [0.15, 0.2) is 65.6 Å². The van der Waals surface area contributed by atoms with Gasteiger partial charge in [-0.2, -0.15) is 0 Å². The van der Waals surface area contributed by atoms with Crippen LogP contribution in [0.5, 0.6) is 11.5 Å². The van der Waals surface area contributed by atoms with E-state index in [1.807, 2.05) is 19.9 Å². The summed E-state index contributed by atoms with van der Waals surface area (Å²) in [5.41, 5.74) is 1.87. The van der Waals surface area contributed by atoms with E-state index in [9.17, 15) is 34.6 Å². The van der Waals surface area contributed by atoms with E-state index in [0.717, 1.165) is 34.2 Å². The Hall–Kier alpha value is -5.04. The Morgan fingerprint density at radius 3 is 2.38 bits per heavy atom. The molecule has 3 amide bonds. The van der Waals surface area contributed by atoms with E-state index in [-0.39, 0.29) is 16.4 Å². The largest absolute Gasteiger partial charge is 0.450 e. The van der Waals surface area contributed by atoms with Gasteiger partial charge in [-0.1, -0.05) is 18.2 Å². The summed E-state index contributed by atoms with van der Waals surface area (Å²) in [6, 6.07) is 14.7. The number of nitrogens with zero attached hydrogens (tertiary/aromatic N) is 3. The Kier molecular flexibility index (Phi) is 7.72. The van der Waals surface area contributed by atoms with E-state index in [1.54, 1.807) is 24.3 Å². The smallest absolute Gasteiger partial charge is 0.318 e. The van der Waals surface area contributed by atoms with Gasteiger partial charge >= 0.3 is 5.69 Å². The summed E-state index contributed by atoms with van der Waals surface area (Å²) in [6.07, 6.45) is 1.43. The molecule has 0 aromatic heterocycles. The van der Waals surface area contributed by atoms with Crippen molar-refractivity contribution >= 4 is 52.0 Å². The number of carbonyl (C=O) groups is 3. The van der Waals surface area contributed by atoms with Crippen molar-refractivity contribution in [1.82, 2.24) is 4.90 Å². The quantitative estimate of drug-likeness (QED) is 0.215. The molecule has 3 aromatic rings. The molecule has 4 rings (SSSR count). The SMILES string of the molecule is Cc1cc(C)cc(NC(=O)CN2C(=O)S/C(=C/c3cccc(Oc4ccc([N+](=O)[O-])cc4[N+](=O)[O-])c3)C2=O)c1. The van der Waals surface area contributed by atoms with E-state index in [0.29, 0.717) is 23.0 Å². The number of anilines is 1. The van der Waals surface area contributed by atoms with Crippen molar-refractivity contribution in [3.05, 3.63) is 102 Å². The summed E-state index contributed by atoms with van der Waals surface area (Å²) in [4.78, 5) is 59.6. The third-order valence-corrected chi connectivity index (χ3v) is 6.32. The standard InChI is InChI=1S/C26H20N4O8S/c1-15-8-16(2)10-18(9-15)27-24(31)14-28-25(32)23(39-26(28)33)12-17-4-3-5-20(11-17)38-22-7-6-19(29(34)35)13-21(22)30(36)37/h3-13H,14H2,1-2H3,(H,27,31)/b23-12+. The fourth-order valence-corrected chi connectivity index (χ4v) is 4.66. The van der Waals surface area contributed by atoms with Gasteiger partial charge in [-0.25, -0.2) is 0 Å². The number of nitro groups is 2. The lowest BCUT2D eigenvalue weighted by Gasteiger charge is -2.13. The van der Waals surface area contributed by atoms with Crippen LogP contribution in [-0.4, -0.2) is 38.3 Å². The lowest BCUT2D eigenvalue weighted by atomic mass is 10.1. The Morgan fingerprint density at radius 2 is 1.72 bits per heavy atom. The molecule has 39 heavy (non-hydrogen) atoms. The van der Waals surface area contributed by atoms with Gasteiger partial charge in [0.05, 0.1) is 20.8 Å². The summed E-state index contributed by atoms with van der Waals surface area (Å²) < 4.78 is 5.59. The highest BCUT2D eigenvalue weighted by atomic mass is 32.2. The average molecular weight is 549 g/mol. The monoisotopic (exact) mass is 548 g/mol. The molecular weight excluding hydrogens is 528 g/mol. The number of thioether (sulfide) groups is 1. The van der Waals surface area contributed by atoms with Crippen LogP contribution in [0.2, 0.25) is 0 Å². The minimum atomic E-state index is -0.793. The van der Waals surface area contributed by atoms with Crippen molar-refractivity contribution in [2.24, 2.45) is 0 Å². The van der Waals surface area contributed by atoms with Gasteiger partial charge in [0, 0.05) is 11.8 Å². The number of non-ortho nitro benzene ring substituents is 1. The molecule has 1 saturated heterocycles. The van der Waals surface area contributed by atoms with Crippen LogP contribution in [0, 0.1) is 34.1 Å². The molecule has 198 valence electrons. The van der Waals surface area contributed by atoms with Crippen molar-refractivity contribution < 1.29 is 29.0 Å². The number of ether oxygens (including phenoxy) is 1. The van der Waals surface area contributed by atoms with E-state index >= 15 is 0 Å². The number of benzene rings is 3. The molecule has 1 heterocycles. The summed E-state index contributed by atoms with van der Waals surface area (Å²) in [5.74, 6) is -1.22. The maximum absolute atomic E-state index is 12.9. The zero-order chi connectivity index (χ0) is 28.3. The number of hydrogen-bond acceptors (Lipinski definition) is 9. The molecule has 13 heteroatoms. The van der Waals surface area contributed by atoms with Gasteiger partial charge in [0.25, 0.3) is 16.8 Å². The highest BCUT2D eigenvalue weighted by molar-refractivity contribution is 8.18. The zero-order valence-corrected chi connectivity index (χ0v) is 21.4. The van der Waals surface area contributed by atoms with Gasteiger partial charge in [0.15, 0.2) is 0 Å². The second kappa shape index (κ2) is 11.1. The summed E-state index contributed by atoms with van der Waals surface area (Å²) in [5, 5.41) is 24.4. The normalized spacial score (nSPS) is 14.0. The number of carbonyl (C=O) groups excluding carboxylic acids is 3. The van der Waals surface area contributed by atoms with Crippen molar-refractivity contribution in [2.45, 2.75) is 13.8 Å². The Labute approximate surface area is 225 Å². The molecule has 1 aliphatic heterocycles. The molecule has 0 aliphatic carbocycles. The molecule has 0 unspecified atom stereocenters. The Morgan fingerprint density at radius 1 is 1.00 bits per heavy atom. The molecule has 1 fully saturated rings. The first-order valence-electron chi connectivity index (χ1n) is 11.3. The minimum absolute atomic E-state index is 0.0812. The van der Waals surface area contributed by atoms with Crippen LogP contribution in [0.4, 0.5) is 21.9 Å². The van der Waals surface area contributed by atoms with Crippen LogP contribution in [-0.2, 0) is 9.59 Å². The van der Waals surface area contributed by atoms with Gasteiger partial charge in [-0.05, 0) is 78.7 Å². The zero-order valence-electron chi connectivity index (χ0n) is 20.6. The first-order chi connectivity index (χ1) is 18.5. The number of aryl methyl sites for hydroxylation is 2. The highest BCUT2D eigenvalue weighted by Crippen LogP contribution is 2.36. The van der Waals surface area contributed by atoms with Gasteiger partial charge in [0.1, 0.15) is 12.3 Å². The van der Waals surface area contributed by atoms with Crippen molar-refractivity contribution in [3.8, 4) is 11.5 Å². The van der Waals surface area contributed by atoms with Crippen LogP contribution in [0.1, 0.15) is 16.7 Å². The van der Waals surface area contributed by atoms with Crippen LogP contribution >= 0.6 is 11.8 Å². The number of hydrogen-bond donors (Lipinski definition) is 1. The van der Waals surface area contributed by atoms with Crippen molar-refractivity contribution in [3.63, 3.8) is 0 Å². The van der Waals surface area contributed by atoms with Crippen LogP contribution in [0.25, 0.3) is 6.08 Å². The van der Waals surface area contributed by atoms with Crippen molar-refractivity contribution in [1.29, 1.82) is 0 Å². The van der Waals surface area contributed by atoms with E-state index in [4.69, 9.17) is 4.74 Å². The van der Waals surface area contributed by atoms with Crippen molar-refractivity contribution in [2.75, 3.05) is 11.9 Å². The average Bonchev–Trinajstić information content (AvgIpc) is 3.10. The molecule has 3 aromatic carbocycles. The topological polar surface area (TPSA) is 162 Å². The molecule has 1 aliphatic rings. The summed E-state index contributed by atoms with van der Waals surface area (Å²) in [6.45, 7) is 3.32. The molecular formula is C26H20N4O8S. The van der Waals surface area contributed by atoms with Crippen LogP contribution < -0.4 is 10.1 Å². The number of nitro benzene ring substituents is 2. The predicted octanol–water partition coefficient (Wildman–Crippen LogP) is 5.59. The first kappa shape index (κ1) is 27.0. The molecule has 0 radical (unpaired) electrons. The summed E-state index contributed by atoms with van der Waals surface area (Å²) in [7, 11) is 0. The second-order valence-corrected chi connectivity index (χ2v) is 9.53. The maximum Gasteiger partial charge on any atom is 0.318 e. The number of amides is 3. The van der Waals surface area contributed by atoms with E-state index in [2.05, 4.69) is 5.32 Å². The third kappa shape index (κ3) is 6.45. The second-order valence-electron chi connectivity index (χ2n) is 8.53. The third-order valence-electron chi connectivity index (χ3n) is 5.41. The van der Waals surface area contributed by atoms with Gasteiger partial charge in [-0.3, -0.25) is 39.5 Å². The number of rotatable bonds is 8. The van der Waals surface area contributed by atoms with E-state index < -0.39 is 44.8 Å². The number of nitrogens with one attached hydrogen (secondary N) is 1. The summed E-state index contributed by atoms with van der Waals surface area (Å²) >= 11 is 0.675. The fourth-order valence-electron chi connectivity index (χ4n) is 3.82. The van der Waals surface area contributed by atoms with Gasteiger partial charge < -0.3 is 10.1 Å². The van der Waals surface area contributed by atoms with Gasteiger partial charge in [-0.15, -0.1) is 0 Å². The minimum Gasteiger partial charge on any atom is -0.450 e. The molecule has 0 atom stereocenters. The number of imide groups is 1. The van der Waals surface area contributed by atoms with Gasteiger partial charge in [0.2, 0.25) is 11.7 Å². The Bertz CT molecular complexity index is 1550. The fraction of sp³-hybridized carbons (Fsp3) is 0.115. The van der Waals surface area contributed by atoms with Crippen LogP contribution in [0.3, 0.4) is 0 Å². The first-order valence-corrected chi connectivity index (χ1v) is 12.2. The predicted molar refractivity (Wildman–Crippen MR) is 143 cm³/mol. The molecule has 12 nitrogen and oxygen atoms in total. The lowest BCUT2D eigenvalue weighted by molar-refractivity contribution is -0.394. The van der Waals surface area contributed by atoms with E-state index in [1.165, 1.54) is 18.2 Å². The molecule has 0 spiro atoms. The molecule has 1 N–H and O–H groups in total. The lowest BCUT2D eigenvalue weighted by Crippen LogP contribution is -2.36. The maximum atomic E-state index is 12.9. The molecule has 0 saturated carbocycles. The molecule has 0 bridgehead atoms.